The van der Waals surface area contributed by atoms with E-state index >= 15 is 0 Å². The van der Waals surface area contributed by atoms with Gasteiger partial charge in [-0.3, -0.25) is 0 Å². The molecule has 0 atom stereocenters. The van der Waals surface area contributed by atoms with Crippen LogP contribution in [0.25, 0.3) is 21.9 Å². The second-order valence-electron chi connectivity index (χ2n) is 9.12. The van der Waals surface area contributed by atoms with E-state index in [0.717, 1.165) is 11.2 Å². The molecule has 1 spiro atoms. The van der Waals surface area contributed by atoms with Crippen molar-refractivity contribution in [1.82, 2.24) is 0 Å². The van der Waals surface area contributed by atoms with Crippen LogP contribution in [0.1, 0.15) is 57.9 Å². The predicted octanol–water partition coefficient (Wildman–Crippen LogP) is 7.00. The Morgan fingerprint density at radius 1 is 0.923 bits per heavy atom. The first-order valence-electron chi connectivity index (χ1n) is 10.1. The molecule has 1 radical (unpaired) electrons. The Labute approximate surface area is 156 Å². The number of nitrogens with zero attached hydrogens (tertiary/aromatic N) is 1. The van der Waals surface area contributed by atoms with Crippen molar-refractivity contribution in [3.05, 3.63) is 48.5 Å². The van der Waals surface area contributed by atoms with Crippen LogP contribution in [0.3, 0.4) is 0 Å². The van der Waals surface area contributed by atoms with Crippen LogP contribution in [0.15, 0.2) is 40.8 Å². The van der Waals surface area contributed by atoms with E-state index in [-0.39, 0.29) is 5.54 Å². The number of anilines is 1. The zero-order valence-electron chi connectivity index (χ0n) is 16.1. The summed E-state index contributed by atoms with van der Waals surface area (Å²) in [6.07, 6.45) is 8.05. The summed E-state index contributed by atoms with van der Waals surface area (Å²) in [5.74, 6) is 0. The topological polar surface area (TPSA) is 16.4 Å². The van der Waals surface area contributed by atoms with Crippen molar-refractivity contribution in [1.29, 1.82) is 0 Å². The second kappa shape index (κ2) is 5.52. The highest BCUT2D eigenvalue weighted by molar-refractivity contribution is 6.09. The van der Waals surface area contributed by atoms with Gasteiger partial charge in [-0.2, -0.15) is 0 Å². The van der Waals surface area contributed by atoms with Crippen LogP contribution in [0.2, 0.25) is 0 Å². The van der Waals surface area contributed by atoms with E-state index in [0.29, 0.717) is 5.41 Å². The molecule has 2 heteroatoms. The zero-order chi connectivity index (χ0) is 17.9. The molecular weight excluding hydrogens is 318 g/mol. The summed E-state index contributed by atoms with van der Waals surface area (Å²) in [6, 6.07) is 12.9. The average molecular weight is 346 g/mol. The van der Waals surface area contributed by atoms with Gasteiger partial charge in [0.2, 0.25) is 0 Å². The van der Waals surface area contributed by atoms with E-state index in [1.165, 1.54) is 60.5 Å². The number of para-hydroxylation sites is 1. The van der Waals surface area contributed by atoms with E-state index < -0.39 is 0 Å². The standard InChI is InChI=1S/C24H28NO/c1-17-11-12-19-18-9-5-6-10-20(18)26-22(19)21(17)25-16-24(15-23(25,2)3)13-7-4-8-14-24/h5-6,9-12,16H,4,7-8,13-15H2,1-3H3. The van der Waals surface area contributed by atoms with Gasteiger partial charge in [0.1, 0.15) is 5.58 Å². The van der Waals surface area contributed by atoms with E-state index in [9.17, 15) is 0 Å². The average Bonchev–Trinajstić information content (AvgIpc) is 3.10. The lowest BCUT2D eigenvalue weighted by molar-refractivity contribution is 0.225. The van der Waals surface area contributed by atoms with Gasteiger partial charge in [0, 0.05) is 16.3 Å². The van der Waals surface area contributed by atoms with Gasteiger partial charge in [-0.15, -0.1) is 0 Å². The number of aryl methyl sites for hydroxylation is 1. The predicted molar refractivity (Wildman–Crippen MR) is 109 cm³/mol. The third-order valence-electron chi connectivity index (χ3n) is 6.65. The molecule has 1 aromatic heterocycles. The molecule has 0 amide bonds. The molecule has 3 aromatic rings. The van der Waals surface area contributed by atoms with Crippen LogP contribution in [-0.4, -0.2) is 5.54 Å². The molecule has 1 aliphatic carbocycles. The Kier molecular flexibility index (Phi) is 3.44. The highest BCUT2D eigenvalue weighted by Crippen LogP contribution is 2.55. The Morgan fingerprint density at radius 3 is 2.50 bits per heavy atom. The first-order chi connectivity index (χ1) is 12.5. The van der Waals surface area contributed by atoms with Gasteiger partial charge in [-0.05, 0) is 57.1 Å². The number of fused-ring (bicyclic) bond motifs is 3. The number of hydrogen-bond donors (Lipinski definition) is 0. The molecule has 2 heterocycles. The summed E-state index contributed by atoms with van der Waals surface area (Å²) in [5, 5.41) is 2.45. The van der Waals surface area contributed by atoms with Crippen molar-refractivity contribution in [2.24, 2.45) is 5.41 Å². The minimum Gasteiger partial charge on any atom is -0.454 e. The second-order valence-corrected chi connectivity index (χ2v) is 9.12. The summed E-state index contributed by atoms with van der Waals surface area (Å²) in [5.41, 5.74) is 5.10. The monoisotopic (exact) mass is 346 g/mol. The molecule has 2 aromatic carbocycles. The number of rotatable bonds is 1. The van der Waals surface area contributed by atoms with Gasteiger partial charge in [0.05, 0.1) is 12.2 Å². The number of furan rings is 1. The molecular formula is C24H28NO. The molecule has 1 aliphatic heterocycles. The maximum Gasteiger partial charge on any atom is 0.158 e. The van der Waals surface area contributed by atoms with Crippen LogP contribution < -0.4 is 4.90 Å². The van der Waals surface area contributed by atoms with Gasteiger partial charge in [0.15, 0.2) is 5.58 Å². The lowest BCUT2D eigenvalue weighted by Crippen LogP contribution is -2.36. The lowest BCUT2D eigenvalue weighted by Gasteiger charge is -2.34. The quantitative estimate of drug-likeness (QED) is 0.472. The molecule has 135 valence electrons. The minimum absolute atomic E-state index is 0.120. The van der Waals surface area contributed by atoms with E-state index in [1.54, 1.807) is 0 Å². The van der Waals surface area contributed by atoms with E-state index in [1.807, 2.05) is 0 Å². The van der Waals surface area contributed by atoms with Crippen molar-refractivity contribution in [3.63, 3.8) is 0 Å². The fourth-order valence-corrected chi connectivity index (χ4v) is 5.54. The van der Waals surface area contributed by atoms with Crippen molar-refractivity contribution < 1.29 is 4.42 Å². The van der Waals surface area contributed by atoms with Gasteiger partial charge >= 0.3 is 0 Å². The molecule has 5 rings (SSSR count). The third kappa shape index (κ3) is 2.31. The Bertz CT molecular complexity index is 974. The lowest BCUT2D eigenvalue weighted by atomic mass is 9.71. The normalized spacial score (nSPS) is 21.9. The van der Waals surface area contributed by atoms with Crippen molar-refractivity contribution in [2.75, 3.05) is 4.90 Å². The van der Waals surface area contributed by atoms with Crippen LogP contribution in [0.4, 0.5) is 5.69 Å². The van der Waals surface area contributed by atoms with Crippen LogP contribution >= 0.6 is 0 Å². The molecule has 2 aliphatic rings. The van der Waals surface area contributed by atoms with Gasteiger partial charge in [-0.25, -0.2) is 0 Å². The van der Waals surface area contributed by atoms with Crippen LogP contribution in [0, 0.1) is 18.9 Å². The van der Waals surface area contributed by atoms with Gasteiger partial charge in [0.25, 0.3) is 0 Å². The van der Waals surface area contributed by atoms with Gasteiger partial charge < -0.3 is 9.32 Å². The SMILES string of the molecule is Cc1ccc2c(oc3ccccc32)c1N1[CH]C2(CCCCC2)CC1(C)C. The van der Waals surface area contributed by atoms with Crippen LogP contribution in [0.5, 0.6) is 0 Å². The number of benzene rings is 2. The fraction of sp³-hybridized carbons (Fsp3) is 0.458. The van der Waals surface area contributed by atoms with E-state index in [2.05, 4.69) is 68.6 Å². The Morgan fingerprint density at radius 2 is 1.69 bits per heavy atom. The zero-order valence-corrected chi connectivity index (χ0v) is 16.1. The van der Waals surface area contributed by atoms with Crippen molar-refractivity contribution in [2.45, 2.75) is 64.8 Å². The van der Waals surface area contributed by atoms with Crippen molar-refractivity contribution in [3.8, 4) is 0 Å². The molecule has 0 bridgehead atoms. The minimum atomic E-state index is 0.120. The highest BCUT2D eigenvalue weighted by atomic mass is 16.3. The smallest absolute Gasteiger partial charge is 0.158 e. The first-order valence-corrected chi connectivity index (χ1v) is 10.1. The number of hydrogen-bond acceptors (Lipinski definition) is 2. The molecule has 1 saturated carbocycles. The molecule has 0 N–H and O–H groups in total. The third-order valence-corrected chi connectivity index (χ3v) is 6.65. The Balaban J connectivity index is 1.69. The largest absolute Gasteiger partial charge is 0.454 e. The molecule has 0 unspecified atom stereocenters. The van der Waals surface area contributed by atoms with Gasteiger partial charge in [-0.1, -0.05) is 49.6 Å². The first kappa shape index (κ1) is 16.2. The summed E-state index contributed by atoms with van der Waals surface area (Å²) in [4.78, 5) is 2.55. The summed E-state index contributed by atoms with van der Waals surface area (Å²) < 4.78 is 6.38. The molecule has 26 heavy (non-hydrogen) atoms. The summed E-state index contributed by atoms with van der Waals surface area (Å²) in [6.45, 7) is 9.58. The highest BCUT2D eigenvalue weighted by Gasteiger charge is 2.49. The maximum absolute atomic E-state index is 6.38. The Hall–Kier alpha value is -1.96. The molecule has 2 fully saturated rings. The maximum atomic E-state index is 6.38. The van der Waals surface area contributed by atoms with Crippen molar-refractivity contribution >= 4 is 27.6 Å². The van der Waals surface area contributed by atoms with Crippen LogP contribution in [-0.2, 0) is 0 Å². The molecule has 1 saturated heterocycles. The summed E-state index contributed by atoms with van der Waals surface area (Å²) in [7, 11) is 0. The molecule has 2 nitrogen and oxygen atoms in total. The fourth-order valence-electron chi connectivity index (χ4n) is 5.54. The summed E-state index contributed by atoms with van der Waals surface area (Å²) >= 11 is 0. The van der Waals surface area contributed by atoms with E-state index in [4.69, 9.17) is 4.42 Å².